The van der Waals surface area contributed by atoms with Crippen LogP contribution in [-0.2, 0) is 26.0 Å². The average Bonchev–Trinajstić information content (AvgIpc) is 2.82. The van der Waals surface area contributed by atoms with Crippen LogP contribution in [0.5, 0.6) is 0 Å². The van der Waals surface area contributed by atoms with Crippen LogP contribution in [0.3, 0.4) is 0 Å². The molecule has 200 valence electrons. The average molecular weight is 568 g/mol. The quantitative estimate of drug-likeness (QED) is 0.425. The number of alkyl halides is 3. The third-order valence-corrected chi connectivity index (χ3v) is 7.58. The lowest BCUT2D eigenvalue weighted by Gasteiger charge is -2.30. The van der Waals surface area contributed by atoms with Gasteiger partial charge in [-0.1, -0.05) is 17.7 Å². The minimum Gasteiger partial charge on any atom is -0.308 e. The van der Waals surface area contributed by atoms with Crippen molar-refractivity contribution in [2.75, 3.05) is 16.4 Å². The van der Waals surface area contributed by atoms with E-state index in [-0.39, 0.29) is 40.6 Å². The van der Waals surface area contributed by atoms with Gasteiger partial charge in [0.2, 0.25) is 5.91 Å². The van der Waals surface area contributed by atoms with Gasteiger partial charge in [0.05, 0.1) is 23.1 Å². The van der Waals surface area contributed by atoms with Gasteiger partial charge in [-0.2, -0.15) is 13.2 Å². The Labute approximate surface area is 212 Å². The van der Waals surface area contributed by atoms with Gasteiger partial charge in [-0.15, -0.1) is 0 Å². The molecule has 1 aliphatic heterocycles. The van der Waals surface area contributed by atoms with Crippen LogP contribution in [0.25, 0.3) is 0 Å². The summed E-state index contributed by atoms with van der Waals surface area (Å²) in [6.45, 7) is -0.414. The van der Waals surface area contributed by atoms with Gasteiger partial charge in [0.25, 0.3) is 5.91 Å². The molecule has 0 spiro atoms. The monoisotopic (exact) mass is 567 g/mol. The molecule has 0 aliphatic carbocycles. The maximum absolute atomic E-state index is 14.9. The van der Waals surface area contributed by atoms with Crippen LogP contribution in [0, 0.1) is 17.6 Å². The molecule has 0 unspecified atom stereocenters. The van der Waals surface area contributed by atoms with Crippen molar-refractivity contribution in [3.63, 3.8) is 0 Å². The van der Waals surface area contributed by atoms with E-state index in [1.807, 2.05) is 0 Å². The van der Waals surface area contributed by atoms with Crippen LogP contribution in [0.4, 0.5) is 27.6 Å². The minimum absolute atomic E-state index is 0.0395. The van der Waals surface area contributed by atoms with Gasteiger partial charge < -0.3 is 4.90 Å². The zero-order valence-corrected chi connectivity index (χ0v) is 20.3. The molecule has 3 amide bonds. The molecule has 1 saturated heterocycles. The third kappa shape index (κ3) is 7.16. The molecule has 1 heterocycles. The van der Waals surface area contributed by atoms with Crippen molar-refractivity contribution in [2.45, 2.75) is 25.6 Å². The lowest BCUT2D eigenvalue weighted by molar-refractivity contribution is -0.174. The molecule has 0 bridgehead atoms. The van der Waals surface area contributed by atoms with Gasteiger partial charge in [0.15, 0.2) is 0 Å². The lowest BCUT2D eigenvalue weighted by atomic mass is 10.00. The number of carbonyl (C=O) groups is 3. The van der Waals surface area contributed by atoms with Crippen LogP contribution in [0.15, 0.2) is 36.4 Å². The molecular formula is C22H19ClF5N3O5S. The number of carbonyl (C=O) groups excluding carboxylic acids is 3. The first-order valence-corrected chi connectivity index (χ1v) is 12.8. The van der Waals surface area contributed by atoms with Crippen molar-refractivity contribution in [2.24, 2.45) is 5.92 Å². The maximum Gasteiger partial charge on any atom is 0.472 e. The van der Waals surface area contributed by atoms with Gasteiger partial charge >= 0.3 is 12.1 Å². The Morgan fingerprint density at radius 3 is 2.19 bits per heavy atom. The van der Waals surface area contributed by atoms with Crippen LogP contribution in [-0.4, -0.2) is 43.8 Å². The van der Waals surface area contributed by atoms with E-state index in [9.17, 15) is 44.8 Å². The summed E-state index contributed by atoms with van der Waals surface area (Å²) in [4.78, 5) is 37.2. The largest absolute Gasteiger partial charge is 0.472 e. The van der Waals surface area contributed by atoms with E-state index in [1.54, 1.807) is 0 Å². The van der Waals surface area contributed by atoms with Crippen LogP contribution < -0.4 is 15.8 Å². The number of benzene rings is 2. The number of rotatable bonds is 5. The number of hydrazine groups is 1. The molecule has 1 aliphatic rings. The molecule has 0 saturated carbocycles. The SMILES string of the molecule is O=C(NNC(=O)C(F)(F)F)c1ccc(CN(C(=O)C2CCS(=O)(=O)CC2)c2ccc(F)c(Cl)c2)c(F)c1. The predicted octanol–water partition coefficient (Wildman–Crippen LogP) is 3.30. The van der Waals surface area contributed by atoms with Gasteiger partial charge in [-0.3, -0.25) is 25.2 Å². The summed E-state index contributed by atoms with van der Waals surface area (Å²) in [6, 6.07) is 6.24. The van der Waals surface area contributed by atoms with Crippen LogP contribution in [0.2, 0.25) is 5.02 Å². The highest BCUT2D eigenvalue weighted by molar-refractivity contribution is 7.91. The highest BCUT2D eigenvalue weighted by atomic mass is 35.5. The van der Waals surface area contributed by atoms with Crippen molar-refractivity contribution >= 4 is 44.8 Å². The molecule has 2 N–H and O–H groups in total. The Hall–Kier alpha value is -3.26. The lowest BCUT2D eigenvalue weighted by Crippen LogP contribution is -2.47. The molecule has 0 atom stereocenters. The second-order valence-corrected chi connectivity index (χ2v) is 10.9. The van der Waals surface area contributed by atoms with E-state index in [4.69, 9.17) is 11.6 Å². The fraction of sp³-hybridized carbons (Fsp3) is 0.318. The number of sulfone groups is 1. The fourth-order valence-electron chi connectivity index (χ4n) is 3.55. The summed E-state index contributed by atoms with van der Waals surface area (Å²) < 4.78 is 88.8. The molecule has 2 aromatic rings. The van der Waals surface area contributed by atoms with Crippen molar-refractivity contribution in [1.82, 2.24) is 10.9 Å². The van der Waals surface area contributed by atoms with E-state index >= 15 is 0 Å². The summed E-state index contributed by atoms with van der Waals surface area (Å²) in [5.74, 6) is -7.10. The predicted molar refractivity (Wildman–Crippen MR) is 122 cm³/mol. The second kappa shape index (κ2) is 11.0. The summed E-state index contributed by atoms with van der Waals surface area (Å²) >= 11 is 5.84. The van der Waals surface area contributed by atoms with E-state index in [0.717, 1.165) is 34.6 Å². The number of anilines is 1. The number of amides is 3. The Bertz CT molecular complexity index is 1320. The van der Waals surface area contributed by atoms with E-state index < -0.39 is 63.4 Å². The Balaban J connectivity index is 1.83. The topological polar surface area (TPSA) is 113 Å². The molecule has 3 rings (SSSR count). The Kier molecular flexibility index (Phi) is 8.42. The molecule has 2 aromatic carbocycles. The summed E-state index contributed by atoms with van der Waals surface area (Å²) in [7, 11) is -3.28. The number of nitrogens with one attached hydrogen (secondary N) is 2. The second-order valence-electron chi connectivity index (χ2n) is 8.16. The van der Waals surface area contributed by atoms with Crippen LogP contribution in [0.1, 0.15) is 28.8 Å². The Morgan fingerprint density at radius 2 is 1.62 bits per heavy atom. The summed E-state index contributed by atoms with van der Waals surface area (Å²) in [5, 5.41) is -0.310. The number of hydrogen-bond donors (Lipinski definition) is 2. The fourth-order valence-corrected chi connectivity index (χ4v) is 5.22. The maximum atomic E-state index is 14.9. The summed E-state index contributed by atoms with van der Waals surface area (Å²) in [5.41, 5.74) is 2.23. The highest BCUT2D eigenvalue weighted by Crippen LogP contribution is 2.29. The normalized spacial score (nSPS) is 15.6. The highest BCUT2D eigenvalue weighted by Gasteiger charge is 2.39. The molecule has 15 heteroatoms. The zero-order valence-electron chi connectivity index (χ0n) is 18.7. The molecule has 0 aromatic heterocycles. The number of halogens is 6. The van der Waals surface area contributed by atoms with E-state index in [1.165, 1.54) is 11.5 Å². The molecule has 0 radical (unpaired) electrons. The first-order valence-electron chi connectivity index (χ1n) is 10.6. The molecular weight excluding hydrogens is 549 g/mol. The first-order chi connectivity index (χ1) is 17.2. The van der Waals surface area contributed by atoms with Crippen molar-refractivity contribution in [1.29, 1.82) is 0 Å². The minimum atomic E-state index is -5.25. The molecule has 37 heavy (non-hydrogen) atoms. The molecule has 8 nitrogen and oxygen atoms in total. The van der Waals surface area contributed by atoms with Crippen molar-refractivity contribution in [3.05, 3.63) is 64.2 Å². The smallest absolute Gasteiger partial charge is 0.308 e. The van der Waals surface area contributed by atoms with Crippen molar-refractivity contribution in [3.8, 4) is 0 Å². The molecule has 1 fully saturated rings. The zero-order chi connectivity index (χ0) is 27.5. The van der Waals surface area contributed by atoms with Crippen LogP contribution >= 0.6 is 11.6 Å². The van der Waals surface area contributed by atoms with Gasteiger partial charge in [-0.05, 0) is 43.2 Å². The number of nitrogens with zero attached hydrogens (tertiary/aromatic N) is 1. The first kappa shape index (κ1) is 28.3. The van der Waals surface area contributed by atoms with E-state index in [0.29, 0.717) is 6.07 Å². The Morgan fingerprint density at radius 1 is 0.973 bits per heavy atom. The summed E-state index contributed by atoms with van der Waals surface area (Å²) in [6.07, 6.45) is -5.17. The standard InChI is InChI=1S/C22H19ClF5N3O5S/c23-16-10-15(3-4-17(16)24)31(20(33)12-5-7-37(35,36)8-6-12)11-14-2-1-13(9-18(14)25)19(32)29-30-21(34)22(26,27)28/h1-4,9-10,12H,5-8,11H2,(H,29,32)(H,30,34). The third-order valence-electron chi connectivity index (χ3n) is 5.58. The van der Waals surface area contributed by atoms with E-state index in [2.05, 4.69) is 0 Å². The number of hydrogen-bond acceptors (Lipinski definition) is 5. The van der Waals surface area contributed by atoms with Gasteiger partial charge in [0.1, 0.15) is 21.5 Å². The van der Waals surface area contributed by atoms with Gasteiger partial charge in [0, 0.05) is 22.7 Å². The van der Waals surface area contributed by atoms with Crippen molar-refractivity contribution < 1.29 is 44.8 Å². The van der Waals surface area contributed by atoms with Gasteiger partial charge in [-0.25, -0.2) is 17.2 Å².